The highest BCUT2D eigenvalue weighted by molar-refractivity contribution is 5.90. The minimum absolute atomic E-state index is 0.148. The van der Waals surface area contributed by atoms with Crippen molar-refractivity contribution >= 4 is 11.7 Å². The molecule has 0 bridgehead atoms. The van der Waals surface area contributed by atoms with E-state index in [0.717, 1.165) is 25.9 Å². The molecule has 1 aliphatic heterocycles. The van der Waals surface area contributed by atoms with Crippen molar-refractivity contribution in [2.75, 3.05) is 32.6 Å². The van der Waals surface area contributed by atoms with Crippen LogP contribution in [0.25, 0.3) is 0 Å². The van der Waals surface area contributed by atoms with Gasteiger partial charge in [0.1, 0.15) is 5.82 Å². The molecule has 0 aromatic heterocycles. The number of ether oxygens (including phenoxy) is 1. The van der Waals surface area contributed by atoms with Crippen molar-refractivity contribution in [3.8, 4) is 0 Å². The molecule has 1 N–H and O–H groups in total. The lowest BCUT2D eigenvalue weighted by Gasteiger charge is -2.34. The SMILES string of the molecule is COC(=O)c1ccc(F)c(NC(C)C2CCCN(C)C2)c1. The monoisotopic (exact) mass is 294 g/mol. The van der Waals surface area contributed by atoms with Crippen molar-refractivity contribution in [3.05, 3.63) is 29.6 Å². The third-order valence-corrected chi connectivity index (χ3v) is 4.14. The number of nitrogens with zero attached hydrogens (tertiary/aromatic N) is 1. The van der Waals surface area contributed by atoms with Crippen molar-refractivity contribution in [1.82, 2.24) is 4.90 Å². The van der Waals surface area contributed by atoms with Gasteiger partial charge in [-0.05, 0) is 57.5 Å². The zero-order valence-electron chi connectivity index (χ0n) is 12.9. The lowest BCUT2D eigenvalue weighted by atomic mass is 9.91. The van der Waals surface area contributed by atoms with E-state index in [1.54, 1.807) is 0 Å². The maximum Gasteiger partial charge on any atom is 0.337 e. The number of likely N-dealkylation sites (tertiary alicyclic amines) is 1. The Morgan fingerprint density at radius 2 is 2.29 bits per heavy atom. The summed E-state index contributed by atoms with van der Waals surface area (Å²) >= 11 is 0. The van der Waals surface area contributed by atoms with Gasteiger partial charge in [0.25, 0.3) is 0 Å². The highest BCUT2D eigenvalue weighted by Gasteiger charge is 2.23. The molecule has 1 fully saturated rings. The third kappa shape index (κ3) is 3.94. The summed E-state index contributed by atoms with van der Waals surface area (Å²) in [5.74, 6) is -0.327. The van der Waals surface area contributed by atoms with Crippen LogP contribution < -0.4 is 5.32 Å². The number of esters is 1. The van der Waals surface area contributed by atoms with E-state index in [9.17, 15) is 9.18 Å². The molecule has 4 nitrogen and oxygen atoms in total. The van der Waals surface area contributed by atoms with Crippen LogP contribution in [0.3, 0.4) is 0 Å². The minimum Gasteiger partial charge on any atom is -0.465 e. The summed E-state index contributed by atoms with van der Waals surface area (Å²) in [6.45, 7) is 4.19. The number of anilines is 1. The first-order valence-corrected chi connectivity index (χ1v) is 7.34. The van der Waals surface area contributed by atoms with E-state index < -0.39 is 5.97 Å². The Kier molecular flexibility index (Phi) is 5.17. The number of nitrogens with one attached hydrogen (secondary N) is 1. The average Bonchev–Trinajstić information content (AvgIpc) is 2.48. The zero-order valence-corrected chi connectivity index (χ0v) is 12.9. The van der Waals surface area contributed by atoms with E-state index in [2.05, 4.69) is 28.9 Å². The molecule has 1 aliphatic rings. The second-order valence-electron chi connectivity index (χ2n) is 5.78. The van der Waals surface area contributed by atoms with Crippen LogP contribution >= 0.6 is 0 Å². The number of halogens is 1. The Morgan fingerprint density at radius 1 is 1.52 bits per heavy atom. The summed E-state index contributed by atoms with van der Waals surface area (Å²) in [5.41, 5.74) is 0.716. The van der Waals surface area contributed by atoms with E-state index in [4.69, 9.17) is 0 Å². The predicted octanol–water partition coefficient (Wildman–Crippen LogP) is 2.75. The second kappa shape index (κ2) is 6.89. The molecule has 21 heavy (non-hydrogen) atoms. The van der Waals surface area contributed by atoms with Gasteiger partial charge in [0, 0.05) is 12.6 Å². The van der Waals surface area contributed by atoms with Gasteiger partial charge in [-0.1, -0.05) is 0 Å². The van der Waals surface area contributed by atoms with Gasteiger partial charge >= 0.3 is 5.97 Å². The molecule has 1 saturated heterocycles. The molecule has 0 radical (unpaired) electrons. The highest BCUT2D eigenvalue weighted by Crippen LogP contribution is 2.24. The lowest BCUT2D eigenvalue weighted by molar-refractivity contribution is 0.0600. The normalized spacial score (nSPS) is 20.9. The third-order valence-electron chi connectivity index (χ3n) is 4.14. The number of carbonyl (C=O) groups excluding carboxylic acids is 1. The standard InChI is InChI=1S/C16H23FN2O2/c1-11(13-5-4-8-19(2)10-13)18-15-9-12(16(20)21-3)6-7-14(15)17/h6-7,9,11,13,18H,4-5,8,10H2,1-3H3. The molecule has 0 spiro atoms. The smallest absolute Gasteiger partial charge is 0.337 e. The van der Waals surface area contributed by atoms with Gasteiger partial charge in [-0.3, -0.25) is 0 Å². The van der Waals surface area contributed by atoms with Crippen LogP contribution in [0.1, 0.15) is 30.1 Å². The molecule has 1 aromatic rings. The van der Waals surface area contributed by atoms with Crippen LogP contribution in [-0.4, -0.2) is 44.2 Å². The van der Waals surface area contributed by atoms with Crippen LogP contribution in [0.2, 0.25) is 0 Å². The Bertz CT molecular complexity index is 507. The number of rotatable bonds is 4. The van der Waals surface area contributed by atoms with Crippen molar-refractivity contribution < 1.29 is 13.9 Å². The maximum absolute atomic E-state index is 13.9. The number of benzene rings is 1. The van der Waals surface area contributed by atoms with Gasteiger partial charge in [-0.2, -0.15) is 0 Å². The summed E-state index contributed by atoms with van der Waals surface area (Å²) < 4.78 is 18.6. The fraction of sp³-hybridized carbons (Fsp3) is 0.562. The van der Waals surface area contributed by atoms with Crippen molar-refractivity contribution in [2.45, 2.75) is 25.8 Å². The van der Waals surface area contributed by atoms with Crippen molar-refractivity contribution in [1.29, 1.82) is 0 Å². The summed E-state index contributed by atoms with van der Waals surface area (Å²) in [7, 11) is 3.43. The topological polar surface area (TPSA) is 41.6 Å². The molecular formula is C16H23FN2O2. The quantitative estimate of drug-likeness (QED) is 0.867. The van der Waals surface area contributed by atoms with Gasteiger partial charge in [-0.15, -0.1) is 0 Å². The van der Waals surface area contributed by atoms with E-state index in [-0.39, 0.29) is 11.9 Å². The molecule has 2 atom stereocenters. The largest absolute Gasteiger partial charge is 0.465 e. The van der Waals surface area contributed by atoms with Gasteiger partial charge in [0.05, 0.1) is 18.4 Å². The fourth-order valence-corrected chi connectivity index (χ4v) is 2.86. The molecule has 5 heteroatoms. The number of hydrogen-bond donors (Lipinski definition) is 1. The Labute approximate surface area is 125 Å². The van der Waals surface area contributed by atoms with Crippen LogP contribution in [0.15, 0.2) is 18.2 Å². The van der Waals surface area contributed by atoms with Crippen LogP contribution in [0.4, 0.5) is 10.1 Å². The van der Waals surface area contributed by atoms with Crippen molar-refractivity contribution in [3.63, 3.8) is 0 Å². The maximum atomic E-state index is 13.9. The fourth-order valence-electron chi connectivity index (χ4n) is 2.86. The first-order valence-electron chi connectivity index (χ1n) is 7.34. The number of piperidine rings is 1. The molecule has 0 amide bonds. The first kappa shape index (κ1) is 15.8. The Balaban J connectivity index is 2.09. The summed E-state index contributed by atoms with van der Waals surface area (Å²) in [6.07, 6.45) is 2.30. The van der Waals surface area contributed by atoms with Gasteiger partial charge in [0.15, 0.2) is 0 Å². The number of methoxy groups -OCH3 is 1. The predicted molar refractivity (Wildman–Crippen MR) is 81.0 cm³/mol. The molecule has 0 aliphatic carbocycles. The molecule has 2 unspecified atom stereocenters. The molecular weight excluding hydrogens is 271 g/mol. The first-order chi connectivity index (χ1) is 10.0. The van der Waals surface area contributed by atoms with Crippen molar-refractivity contribution in [2.24, 2.45) is 5.92 Å². The average molecular weight is 294 g/mol. The molecule has 1 aromatic carbocycles. The summed E-state index contributed by atoms with van der Waals surface area (Å²) in [6, 6.07) is 4.40. The van der Waals surface area contributed by atoms with E-state index in [1.807, 2.05) is 0 Å². The molecule has 1 heterocycles. The minimum atomic E-state index is -0.455. The Hall–Kier alpha value is -1.62. The Morgan fingerprint density at radius 3 is 2.95 bits per heavy atom. The lowest BCUT2D eigenvalue weighted by Crippen LogP contribution is -2.40. The van der Waals surface area contributed by atoms with Crippen LogP contribution in [0, 0.1) is 11.7 Å². The van der Waals surface area contributed by atoms with Gasteiger partial charge in [-0.25, -0.2) is 9.18 Å². The molecule has 0 saturated carbocycles. The summed E-state index contributed by atoms with van der Waals surface area (Å²) in [4.78, 5) is 13.8. The zero-order chi connectivity index (χ0) is 15.4. The summed E-state index contributed by atoms with van der Waals surface area (Å²) in [5, 5.41) is 3.21. The van der Waals surface area contributed by atoms with E-state index in [1.165, 1.54) is 25.3 Å². The van der Waals surface area contributed by atoms with E-state index >= 15 is 0 Å². The number of carbonyl (C=O) groups is 1. The van der Waals surface area contributed by atoms with Crippen LogP contribution in [-0.2, 0) is 4.74 Å². The van der Waals surface area contributed by atoms with Crippen LogP contribution in [0.5, 0.6) is 0 Å². The highest BCUT2D eigenvalue weighted by atomic mass is 19.1. The van der Waals surface area contributed by atoms with Gasteiger partial charge < -0.3 is 15.0 Å². The van der Waals surface area contributed by atoms with Gasteiger partial charge in [0.2, 0.25) is 0 Å². The molecule has 116 valence electrons. The van der Waals surface area contributed by atoms with E-state index in [0.29, 0.717) is 17.2 Å². The number of hydrogen-bond acceptors (Lipinski definition) is 4. The second-order valence-corrected chi connectivity index (χ2v) is 5.78. The molecule has 2 rings (SSSR count).